The molecule has 0 aliphatic carbocycles. The standard InChI is InChI=1S/C50H92NO10P/c1-3-5-7-9-11-13-15-17-19-21-22-23-24-26-27-29-31-33-35-37-39-41-48(53)51-47(50(55)56)45-61-62(57,58)60-44-46(52)43-59-49(54)42-40-38-36-34-32-30-28-25-20-18-16-14-12-10-8-6-4-2/h6,8,12,14,18,20,46-47,52H,3-5,7,9-11,13,15-17,19,21-45H2,1-2H3,(H,51,53)(H,55,56)(H,57,58)/b8-6-,14-12-,20-18-. The molecule has 0 aromatic rings. The summed E-state index contributed by atoms with van der Waals surface area (Å²) in [5, 5.41) is 21.9. The van der Waals surface area contributed by atoms with Crippen molar-refractivity contribution in [1.29, 1.82) is 0 Å². The van der Waals surface area contributed by atoms with Crippen LogP contribution in [0.15, 0.2) is 36.5 Å². The molecule has 62 heavy (non-hydrogen) atoms. The van der Waals surface area contributed by atoms with Crippen molar-refractivity contribution in [3.05, 3.63) is 36.5 Å². The number of amides is 1. The third-order valence-corrected chi connectivity index (χ3v) is 11.9. The van der Waals surface area contributed by atoms with Crippen molar-refractivity contribution in [1.82, 2.24) is 5.32 Å². The van der Waals surface area contributed by atoms with E-state index in [0.717, 1.165) is 70.6 Å². The smallest absolute Gasteiger partial charge is 0.472 e. The number of hydrogen-bond acceptors (Lipinski definition) is 8. The number of nitrogens with one attached hydrogen (secondary N) is 1. The van der Waals surface area contributed by atoms with Gasteiger partial charge in [-0.2, -0.15) is 0 Å². The van der Waals surface area contributed by atoms with Gasteiger partial charge in [-0.1, -0.05) is 211 Å². The van der Waals surface area contributed by atoms with E-state index in [0.29, 0.717) is 12.8 Å². The third kappa shape index (κ3) is 44.3. The van der Waals surface area contributed by atoms with E-state index in [1.807, 2.05) is 0 Å². The number of carbonyl (C=O) groups is 3. The largest absolute Gasteiger partial charge is 0.480 e. The Morgan fingerprint density at radius 2 is 0.935 bits per heavy atom. The number of carboxylic acid groups (broad SMARTS) is 1. The van der Waals surface area contributed by atoms with Gasteiger partial charge in [0.15, 0.2) is 6.04 Å². The summed E-state index contributed by atoms with van der Waals surface area (Å²) in [4.78, 5) is 46.1. The van der Waals surface area contributed by atoms with Gasteiger partial charge in [-0.25, -0.2) is 9.36 Å². The van der Waals surface area contributed by atoms with Gasteiger partial charge >= 0.3 is 19.8 Å². The predicted molar refractivity (Wildman–Crippen MR) is 254 cm³/mol. The number of aliphatic hydroxyl groups excluding tert-OH is 1. The maximum Gasteiger partial charge on any atom is 0.472 e. The zero-order valence-corrected chi connectivity index (χ0v) is 40.3. The van der Waals surface area contributed by atoms with E-state index in [1.165, 1.54) is 122 Å². The van der Waals surface area contributed by atoms with Gasteiger partial charge in [0, 0.05) is 12.8 Å². The number of aliphatic carboxylic acids is 1. The van der Waals surface area contributed by atoms with Crippen molar-refractivity contribution in [3.8, 4) is 0 Å². The minimum absolute atomic E-state index is 0.149. The quantitative estimate of drug-likeness (QED) is 0.0200. The first kappa shape index (κ1) is 59.7. The highest BCUT2D eigenvalue weighted by Crippen LogP contribution is 2.43. The Balaban J connectivity index is 3.82. The molecule has 0 heterocycles. The molecule has 0 rings (SSSR count). The summed E-state index contributed by atoms with van der Waals surface area (Å²) in [6.07, 6.45) is 50.2. The molecule has 0 fully saturated rings. The number of rotatable bonds is 47. The summed E-state index contributed by atoms with van der Waals surface area (Å²) in [7, 11) is -4.76. The molecule has 3 atom stereocenters. The van der Waals surface area contributed by atoms with Gasteiger partial charge in [0.1, 0.15) is 12.7 Å². The molecular formula is C50H92NO10P. The summed E-state index contributed by atoms with van der Waals surface area (Å²) >= 11 is 0. The molecule has 0 bridgehead atoms. The average Bonchev–Trinajstić information content (AvgIpc) is 3.25. The van der Waals surface area contributed by atoms with Crippen LogP contribution in [0.1, 0.15) is 232 Å². The maximum atomic E-state index is 12.4. The highest BCUT2D eigenvalue weighted by molar-refractivity contribution is 7.47. The molecule has 4 N–H and O–H groups in total. The molecule has 12 heteroatoms. The fraction of sp³-hybridized carbons (Fsp3) is 0.820. The van der Waals surface area contributed by atoms with Crippen LogP contribution in [0, 0.1) is 0 Å². The highest BCUT2D eigenvalue weighted by atomic mass is 31.2. The summed E-state index contributed by atoms with van der Waals surface area (Å²) in [6.45, 7) is 2.51. The molecule has 0 saturated heterocycles. The fourth-order valence-electron chi connectivity index (χ4n) is 7.10. The molecular weight excluding hydrogens is 806 g/mol. The molecule has 0 spiro atoms. The summed E-state index contributed by atoms with van der Waals surface area (Å²) in [5.41, 5.74) is 0. The number of phosphoric ester groups is 1. The minimum Gasteiger partial charge on any atom is -0.480 e. The van der Waals surface area contributed by atoms with E-state index < -0.39 is 57.6 Å². The van der Waals surface area contributed by atoms with Crippen LogP contribution in [0.25, 0.3) is 0 Å². The van der Waals surface area contributed by atoms with Crippen LogP contribution < -0.4 is 5.32 Å². The van der Waals surface area contributed by atoms with Gasteiger partial charge < -0.3 is 25.2 Å². The monoisotopic (exact) mass is 898 g/mol. The van der Waals surface area contributed by atoms with Crippen LogP contribution in [0.4, 0.5) is 0 Å². The van der Waals surface area contributed by atoms with Crippen molar-refractivity contribution in [2.75, 3.05) is 19.8 Å². The Morgan fingerprint density at radius 1 is 0.532 bits per heavy atom. The summed E-state index contributed by atoms with van der Waals surface area (Å²) in [5.74, 6) is -2.37. The van der Waals surface area contributed by atoms with Crippen LogP contribution in [-0.2, 0) is 32.7 Å². The van der Waals surface area contributed by atoms with E-state index in [9.17, 15) is 34.1 Å². The molecule has 1 amide bonds. The number of aliphatic hydroxyl groups is 1. The lowest BCUT2D eigenvalue weighted by Crippen LogP contribution is -2.43. The van der Waals surface area contributed by atoms with Gasteiger partial charge in [-0.3, -0.25) is 18.6 Å². The van der Waals surface area contributed by atoms with Gasteiger partial charge in [0.2, 0.25) is 5.91 Å². The van der Waals surface area contributed by atoms with Gasteiger partial charge in [0.05, 0.1) is 13.2 Å². The highest BCUT2D eigenvalue weighted by Gasteiger charge is 2.28. The lowest BCUT2D eigenvalue weighted by Gasteiger charge is -2.18. The van der Waals surface area contributed by atoms with Crippen molar-refractivity contribution < 1.29 is 47.8 Å². The first-order valence-electron chi connectivity index (χ1n) is 25.0. The molecule has 0 aromatic carbocycles. The first-order valence-corrected chi connectivity index (χ1v) is 26.5. The number of unbranched alkanes of at least 4 members (excludes halogenated alkanes) is 27. The Morgan fingerprint density at radius 3 is 1.40 bits per heavy atom. The third-order valence-electron chi connectivity index (χ3n) is 10.9. The van der Waals surface area contributed by atoms with Gasteiger partial charge in [0.25, 0.3) is 0 Å². The Kier molecular flexibility index (Phi) is 43.6. The van der Waals surface area contributed by atoms with Gasteiger partial charge in [-0.05, 0) is 44.9 Å². The Labute approximate surface area is 378 Å². The van der Waals surface area contributed by atoms with Crippen LogP contribution in [0.2, 0.25) is 0 Å². The maximum absolute atomic E-state index is 12.4. The zero-order valence-electron chi connectivity index (χ0n) is 39.4. The van der Waals surface area contributed by atoms with Crippen LogP contribution in [0.5, 0.6) is 0 Å². The lowest BCUT2D eigenvalue weighted by atomic mass is 10.0. The van der Waals surface area contributed by atoms with E-state index in [-0.39, 0.29) is 12.8 Å². The molecule has 0 saturated carbocycles. The van der Waals surface area contributed by atoms with Crippen molar-refractivity contribution in [2.24, 2.45) is 0 Å². The Hall–Kier alpha value is -2.30. The second kappa shape index (κ2) is 45.3. The normalized spacial score (nSPS) is 13.9. The van der Waals surface area contributed by atoms with Crippen LogP contribution >= 0.6 is 7.82 Å². The molecule has 0 aliphatic rings. The molecule has 362 valence electrons. The first-order chi connectivity index (χ1) is 30.1. The molecule has 0 aromatic heterocycles. The van der Waals surface area contributed by atoms with Crippen LogP contribution in [-0.4, -0.2) is 64.9 Å². The number of ether oxygens (including phenoxy) is 1. The van der Waals surface area contributed by atoms with Crippen LogP contribution in [0.3, 0.4) is 0 Å². The minimum atomic E-state index is -4.76. The molecule has 11 nitrogen and oxygen atoms in total. The second-order valence-corrected chi connectivity index (χ2v) is 18.4. The fourth-order valence-corrected chi connectivity index (χ4v) is 7.87. The number of carbonyl (C=O) groups excluding carboxylic acids is 2. The number of phosphoric acid groups is 1. The molecule has 0 aliphatic heterocycles. The summed E-state index contributed by atoms with van der Waals surface area (Å²) < 4.78 is 26.9. The number of esters is 1. The van der Waals surface area contributed by atoms with E-state index in [2.05, 4.69) is 55.6 Å². The van der Waals surface area contributed by atoms with Crippen molar-refractivity contribution in [2.45, 2.75) is 244 Å². The number of hydrogen-bond donors (Lipinski definition) is 4. The lowest BCUT2D eigenvalue weighted by molar-refractivity contribution is -0.147. The van der Waals surface area contributed by atoms with Crippen molar-refractivity contribution in [3.63, 3.8) is 0 Å². The molecule has 3 unspecified atom stereocenters. The average molecular weight is 898 g/mol. The van der Waals surface area contributed by atoms with E-state index >= 15 is 0 Å². The topological polar surface area (TPSA) is 169 Å². The zero-order chi connectivity index (χ0) is 45.6. The van der Waals surface area contributed by atoms with E-state index in [1.54, 1.807) is 0 Å². The Bertz CT molecular complexity index is 1190. The van der Waals surface area contributed by atoms with Crippen molar-refractivity contribution >= 4 is 25.7 Å². The summed E-state index contributed by atoms with van der Waals surface area (Å²) in [6, 6.07) is -1.55. The molecule has 0 radical (unpaired) electrons. The predicted octanol–water partition coefficient (Wildman–Crippen LogP) is 13.6. The van der Waals surface area contributed by atoms with E-state index in [4.69, 9.17) is 13.8 Å². The number of allylic oxidation sites excluding steroid dienone is 6. The van der Waals surface area contributed by atoms with Gasteiger partial charge in [-0.15, -0.1) is 0 Å². The SMILES string of the molecule is CC/C=C\C/C=C\C/C=C\CCCCCCCCCC(=O)OCC(O)COP(=O)(O)OCC(NC(=O)CCCCCCCCCCCCCCCCCCCCCCC)C(=O)O. The number of carboxylic acids is 1. The second-order valence-electron chi connectivity index (χ2n) is 17.0.